The predicted octanol–water partition coefficient (Wildman–Crippen LogP) is 2.80. The van der Waals surface area contributed by atoms with Gasteiger partial charge in [-0.25, -0.2) is 0 Å². The number of amides is 1. The van der Waals surface area contributed by atoms with Gasteiger partial charge >= 0.3 is 0 Å². The number of carbonyl (C=O) groups is 1. The molecule has 112 valence electrons. The summed E-state index contributed by atoms with van der Waals surface area (Å²) in [6.07, 6.45) is 6.71. The third-order valence-electron chi connectivity index (χ3n) is 3.41. The van der Waals surface area contributed by atoms with E-state index >= 15 is 0 Å². The SMILES string of the molecule is CN(Cc1cnn(Cc2ccccc2)c1)C(=O)c1ccoc1. The van der Waals surface area contributed by atoms with Gasteiger partial charge in [-0.1, -0.05) is 30.3 Å². The van der Waals surface area contributed by atoms with Crippen LogP contribution in [0.4, 0.5) is 0 Å². The summed E-state index contributed by atoms with van der Waals surface area (Å²) in [5.74, 6) is -0.0652. The lowest BCUT2D eigenvalue weighted by Gasteiger charge is -2.14. The van der Waals surface area contributed by atoms with Crippen LogP contribution in [-0.4, -0.2) is 27.6 Å². The van der Waals surface area contributed by atoms with Gasteiger partial charge in [0.1, 0.15) is 6.26 Å². The number of carbonyl (C=O) groups excluding carboxylic acids is 1. The lowest BCUT2D eigenvalue weighted by atomic mass is 10.2. The Kier molecular flexibility index (Phi) is 4.05. The van der Waals surface area contributed by atoms with Crippen LogP contribution in [0.2, 0.25) is 0 Å². The van der Waals surface area contributed by atoms with Crippen molar-refractivity contribution in [2.24, 2.45) is 0 Å². The Balaban J connectivity index is 1.63. The molecule has 2 aromatic heterocycles. The molecule has 0 saturated carbocycles. The van der Waals surface area contributed by atoms with Crippen LogP contribution < -0.4 is 0 Å². The molecular formula is C17H17N3O2. The molecule has 3 aromatic rings. The van der Waals surface area contributed by atoms with Crippen molar-refractivity contribution in [2.75, 3.05) is 7.05 Å². The minimum Gasteiger partial charge on any atom is -0.472 e. The highest BCUT2D eigenvalue weighted by atomic mass is 16.3. The van der Waals surface area contributed by atoms with Crippen molar-refractivity contribution >= 4 is 5.91 Å². The molecule has 0 bridgehead atoms. The summed E-state index contributed by atoms with van der Waals surface area (Å²) in [6, 6.07) is 11.8. The molecule has 1 amide bonds. The third kappa shape index (κ3) is 3.25. The number of hydrogen-bond donors (Lipinski definition) is 0. The highest BCUT2D eigenvalue weighted by Crippen LogP contribution is 2.09. The van der Waals surface area contributed by atoms with Crippen LogP contribution in [0, 0.1) is 0 Å². The lowest BCUT2D eigenvalue weighted by molar-refractivity contribution is 0.0784. The van der Waals surface area contributed by atoms with Gasteiger partial charge in [-0.3, -0.25) is 9.48 Å². The molecule has 22 heavy (non-hydrogen) atoms. The number of aromatic nitrogens is 2. The summed E-state index contributed by atoms with van der Waals surface area (Å²) in [6.45, 7) is 1.24. The predicted molar refractivity (Wildman–Crippen MR) is 82.3 cm³/mol. The van der Waals surface area contributed by atoms with Gasteiger partial charge < -0.3 is 9.32 Å². The average Bonchev–Trinajstić information content (AvgIpc) is 3.19. The summed E-state index contributed by atoms with van der Waals surface area (Å²) >= 11 is 0. The van der Waals surface area contributed by atoms with E-state index in [-0.39, 0.29) is 5.91 Å². The minimum absolute atomic E-state index is 0.0652. The largest absolute Gasteiger partial charge is 0.472 e. The molecule has 1 aromatic carbocycles. The molecule has 0 atom stereocenters. The van der Waals surface area contributed by atoms with Gasteiger partial charge in [0.2, 0.25) is 0 Å². The maximum Gasteiger partial charge on any atom is 0.257 e. The van der Waals surface area contributed by atoms with Crippen LogP contribution in [0.25, 0.3) is 0 Å². The van der Waals surface area contributed by atoms with Crippen molar-refractivity contribution in [3.8, 4) is 0 Å². The Labute approximate surface area is 128 Å². The van der Waals surface area contributed by atoms with Crippen molar-refractivity contribution in [3.05, 3.63) is 78.0 Å². The molecular weight excluding hydrogens is 278 g/mol. The topological polar surface area (TPSA) is 51.3 Å². The van der Waals surface area contributed by atoms with Gasteiger partial charge in [-0.2, -0.15) is 5.10 Å². The van der Waals surface area contributed by atoms with E-state index in [1.807, 2.05) is 29.1 Å². The zero-order valence-electron chi connectivity index (χ0n) is 12.3. The van der Waals surface area contributed by atoms with E-state index in [1.165, 1.54) is 18.1 Å². The van der Waals surface area contributed by atoms with Crippen molar-refractivity contribution < 1.29 is 9.21 Å². The smallest absolute Gasteiger partial charge is 0.257 e. The standard InChI is InChI=1S/C17H17N3O2/c1-19(17(21)16-7-8-22-13-16)10-15-9-18-20(12-15)11-14-5-3-2-4-6-14/h2-9,12-13H,10-11H2,1H3. The fourth-order valence-corrected chi connectivity index (χ4v) is 2.30. The molecule has 0 saturated heterocycles. The van der Waals surface area contributed by atoms with E-state index in [1.54, 1.807) is 24.2 Å². The molecule has 0 radical (unpaired) electrons. The van der Waals surface area contributed by atoms with Crippen LogP contribution in [0.15, 0.2) is 65.7 Å². The van der Waals surface area contributed by atoms with E-state index in [0.29, 0.717) is 12.1 Å². The molecule has 0 unspecified atom stereocenters. The van der Waals surface area contributed by atoms with Crippen LogP contribution in [-0.2, 0) is 13.1 Å². The number of rotatable bonds is 5. The van der Waals surface area contributed by atoms with Crippen molar-refractivity contribution in [1.29, 1.82) is 0 Å². The summed E-state index contributed by atoms with van der Waals surface area (Å²) in [7, 11) is 1.77. The number of hydrogen-bond acceptors (Lipinski definition) is 3. The minimum atomic E-state index is -0.0652. The van der Waals surface area contributed by atoms with Gasteiger partial charge in [0.15, 0.2) is 0 Å². The quantitative estimate of drug-likeness (QED) is 0.727. The van der Waals surface area contributed by atoms with Crippen LogP contribution in [0.3, 0.4) is 0 Å². The molecule has 0 aliphatic carbocycles. The summed E-state index contributed by atoms with van der Waals surface area (Å²) in [5, 5.41) is 4.35. The van der Waals surface area contributed by atoms with Crippen LogP contribution in [0.1, 0.15) is 21.5 Å². The van der Waals surface area contributed by atoms with E-state index in [0.717, 1.165) is 12.1 Å². The van der Waals surface area contributed by atoms with Gasteiger partial charge in [0.25, 0.3) is 5.91 Å². The summed E-state index contributed by atoms with van der Waals surface area (Å²) < 4.78 is 6.82. The summed E-state index contributed by atoms with van der Waals surface area (Å²) in [5.41, 5.74) is 2.74. The zero-order chi connectivity index (χ0) is 15.4. The van der Waals surface area contributed by atoms with Crippen molar-refractivity contribution in [3.63, 3.8) is 0 Å². The van der Waals surface area contributed by atoms with Gasteiger partial charge in [-0.05, 0) is 11.6 Å². The zero-order valence-corrected chi connectivity index (χ0v) is 12.3. The average molecular weight is 295 g/mol. The Morgan fingerprint density at radius 1 is 1.23 bits per heavy atom. The normalized spacial score (nSPS) is 10.6. The Hall–Kier alpha value is -2.82. The second-order valence-electron chi connectivity index (χ2n) is 5.21. The second kappa shape index (κ2) is 6.30. The number of nitrogens with zero attached hydrogens (tertiary/aromatic N) is 3. The van der Waals surface area contributed by atoms with E-state index < -0.39 is 0 Å². The lowest BCUT2D eigenvalue weighted by Crippen LogP contribution is -2.25. The highest BCUT2D eigenvalue weighted by Gasteiger charge is 2.13. The molecule has 0 N–H and O–H groups in total. The molecule has 5 nitrogen and oxygen atoms in total. The molecule has 0 fully saturated rings. The number of furan rings is 1. The van der Waals surface area contributed by atoms with Crippen molar-refractivity contribution in [1.82, 2.24) is 14.7 Å². The molecule has 3 rings (SSSR count). The molecule has 5 heteroatoms. The fraction of sp³-hybridized carbons (Fsp3) is 0.176. The first kappa shape index (κ1) is 14.1. The maximum atomic E-state index is 12.1. The van der Waals surface area contributed by atoms with E-state index in [4.69, 9.17) is 4.42 Å². The third-order valence-corrected chi connectivity index (χ3v) is 3.41. The molecule has 2 heterocycles. The highest BCUT2D eigenvalue weighted by molar-refractivity contribution is 5.93. The van der Waals surface area contributed by atoms with Crippen LogP contribution >= 0.6 is 0 Å². The van der Waals surface area contributed by atoms with Crippen LogP contribution in [0.5, 0.6) is 0 Å². The molecule has 0 spiro atoms. The monoisotopic (exact) mass is 295 g/mol. The Morgan fingerprint density at radius 2 is 2.05 bits per heavy atom. The first-order valence-electron chi connectivity index (χ1n) is 7.05. The van der Waals surface area contributed by atoms with Crippen molar-refractivity contribution in [2.45, 2.75) is 13.1 Å². The molecule has 0 aliphatic rings. The number of benzene rings is 1. The fourth-order valence-electron chi connectivity index (χ4n) is 2.30. The molecule has 0 aliphatic heterocycles. The van der Waals surface area contributed by atoms with Gasteiger partial charge in [-0.15, -0.1) is 0 Å². The van der Waals surface area contributed by atoms with E-state index in [2.05, 4.69) is 17.2 Å². The second-order valence-corrected chi connectivity index (χ2v) is 5.21. The van der Waals surface area contributed by atoms with Gasteiger partial charge in [0.05, 0.1) is 24.6 Å². The first-order valence-corrected chi connectivity index (χ1v) is 7.05. The first-order chi connectivity index (χ1) is 10.7. The maximum absolute atomic E-state index is 12.1. The summed E-state index contributed by atoms with van der Waals surface area (Å²) in [4.78, 5) is 13.8. The Bertz CT molecular complexity index is 732. The Morgan fingerprint density at radius 3 is 2.77 bits per heavy atom. The van der Waals surface area contributed by atoms with Gasteiger partial charge in [0, 0.05) is 25.4 Å². The van der Waals surface area contributed by atoms with E-state index in [9.17, 15) is 4.79 Å².